The van der Waals surface area contributed by atoms with Gasteiger partial charge in [0.25, 0.3) is 0 Å². The fourth-order valence-electron chi connectivity index (χ4n) is 1.57. The smallest absolute Gasteiger partial charge is 0.148 e. The van der Waals surface area contributed by atoms with E-state index >= 15 is 0 Å². The molecule has 0 saturated carbocycles. The van der Waals surface area contributed by atoms with Gasteiger partial charge < -0.3 is 5.32 Å². The summed E-state index contributed by atoms with van der Waals surface area (Å²) in [6.07, 6.45) is 0. The minimum absolute atomic E-state index is 0.573. The van der Waals surface area contributed by atoms with Gasteiger partial charge in [0.05, 0.1) is 10.7 Å². The fraction of sp³-hybridized carbons (Fsp3) is 0.308. The van der Waals surface area contributed by atoms with Gasteiger partial charge >= 0.3 is 0 Å². The third-order valence-electron chi connectivity index (χ3n) is 2.49. The number of aromatic amines is 1. The van der Waals surface area contributed by atoms with Gasteiger partial charge in [-0.05, 0) is 24.1 Å². The maximum absolute atomic E-state index is 6.15. The molecule has 0 aliphatic carbocycles. The van der Waals surface area contributed by atoms with E-state index in [0.717, 1.165) is 23.6 Å². The van der Waals surface area contributed by atoms with Crippen molar-refractivity contribution in [1.29, 1.82) is 0 Å². The highest BCUT2D eigenvalue weighted by atomic mass is 35.5. The van der Waals surface area contributed by atoms with Crippen molar-refractivity contribution in [3.05, 3.63) is 34.3 Å². The lowest BCUT2D eigenvalue weighted by Crippen LogP contribution is -2.07. The molecule has 0 radical (unpaired) electrons. The van der Waals surface area contributed by atoms with Crippen molar-refractivity contribution in [2.24, 2.45) is 5.92 Å². The number of nitrogens with one attached hydrogen (secondary N) is 2. The third-order valence-corrected chi connectivity index (χ3v) is 3.04. The third kappa shape index (κ3) is 3.18. The Labute approximate surface area is 117 Å². The Kier molecular flexibility index (Phi) is 4.15. The molecule has 1 aromatic heterocycles. The van der Waals surface area contributed by atoms with Crippen LogP contribution in [0.3, 0.4) is 0 Å². The van der Waals surface area contributed by atoms with Gasteiger partial charge in [0.1, 0.15) is 5.82 Å². The summed E-state index contributed by atoms with van der Waals surface area (Å²) in [4.78, 5) is 0. The molecule has 0 atom stereocenters. The Morgan fingerprint density at radius 1 is 1.28 bits per heavy atom. The second-order valence-corrected chi connectivity index (χ2v) is 5.41. The van der Waals surface area contributed by atoms with Crippen LogP contribution < -0.4 is 5.32 Å². The summed E-state index contributed by atoms with van der Waals surface area (Å²) in [6.45, 7) is 5.19. The van der Waals surface area contributed by atoms with E-state index in [2.05, 4.69) is 29.4 Å². The highest BCUT2D eigenvalue weighted by molar-refractivity contribution is 6.36. The van der Waals surface area contributed by atoms with E-state index in [1.54, 1.807) is 6.07 Å². The number of rotatable bonds is 4. The number of hydrogen-bond donors (Lipinski definition) is 2. The van der Waals surface area contributed by atoms with Gasteiger partial charge in [-0.3, -0.25) is 5.10 Å². The van der Waals surface area contributed by atoms with Crippen molar-refractivity contribution in [1.82, 2.24) is 10.2 Å². The molecular formula is C13H15Cl2N3. The summed E-state index contributed by atoms with van der Waals surface area (Å²) in [5, 5.41) is 11.7. The van der Waals surface area contributed by atoms with Crippen molar-refractivity contribution in [2.75, 3.05) is 11.9 Å². The van der Waals surface area contributed by atoms with Crippen molar-refractivity contribution in [3.8, 4) is 11.3 Å². The molecule has 0 amide bonds. The maximum Gasteiger partial charge on any atom is 0.148 e. The van der Waals surface area contributed by atoms with Crippen molar-refractivity contribution < 1.29 is 0 Å². The van der Waals surface area contributed by atoms with E-state index in [1.165, 1.54) is 0 Å². The molecule has 2 N–H and O–H groups in total. The summed E-state index contributed by atoms with van der Waals surface area (Å²) < 4.78 is 0. The minimum atomic E-state index is 0.573. The lowest BCUT2D eigenvalue weighted by atomic mass is 10.1. The molecule has 0 unspecified atom stereocenters. The predicted octanol–water partition coefficient (Wildman–Crippen LogP) is 4.45. The standard InChI is InChI=1S/C13H15Cl2N3/c1-8(2)7-16-13-6-12(17-18-13)10-4-3-9(14)5-11(10)15/h3-6,8H,7H2,1-2H3,(H2,16,17,18). The number of halogens is 2. The summed E-state index contributed by atoms with van der Waals surface area (Å²) in [6, 6.07) is 7.35. The molecule has 2 rings (SSSR count). The van der Waals surface area contributed by atoms with Crippen molar-refractivity contribution in [3.63, 3.8) is 0 Å². The second kappa shape index (κ2) is 5.63. The molecule has 1 aromatic carbocycles. The number of hydrogen-bond acceptors (Lipinski definition) is 2. The Hall–Kier alpha value is -1.19. The molecule has 0 aliphatic heterocycles. The summed E-state index contributed by atoms with van der Waals surface area (Å²) >= 11 is 12.0. The average molecular weight is 284 g/mol. The van der Waals surface area contributed by atoms with Gasteiger partial charge in [-0.25, -0.2) is 0 Å². The second-order valence-electron chi connectivity index (χ2n) is 4.57. The number of benzene rings is 1. The van der Waals surface area contributed by atoms with E-state index in [1.807, 2.05) is 18.2 Å². The van der Waals surface area contributed by atoms with Crippen molar-refractivity contribution >= 4 is 29.0 Å². The number of H-pyrrole nitrogens is 1. The summed E-state index contributed by atoms with van der Waals surface area (Å²) in [5.41, 5.74) is 1.77. The van der Waals surface area contributed by atoms with Crippen LogP contribution in [0, 0.1) is 5.92 Å². The fourth-order valence-corrected chi connectivity index (χ4v) is 2.08. The molecule has 0 fully saturated rings. The molecular weight excluding hydrogens is 269 g/mol. The van der Waals surface area contributed by atoms with Crippen LogP contribution in [0.4, 0.5) is 5.82 Å². The van der Waals surface area contributed by atoms with Crippen LogP contribution in [-0.2, 0) is 0 Å². The first-order valence-electron chi connectivity index (χ1n) is 5.81. The molecule has 1 heterocycles. The van der Waals surface area contributed by atoms with Gasteiger partial charge in [-0.1, -0.05) is 37.0 Å². The molecule has 2 aromatic rings. The molecule has 3 nitrogen and oxygen atoms in total. The van der Waals surface area contributed by atoms with Crippen LogP contribution in [0.1, 0.15) is 13.8 Å². The zero-order valence-electron chi connectivity index (χ0n) is 10.3. The molecule has 0 bridgehead atoms. The largest absolute Gasteiger partial charge is 0.368 e. The Bertz CT molecular complexity index is 535. The average Bonchev–Trinajstić information content (AvgIpc) is 2.75. The zero-order valence-corrected chi connectivity index (χ0v) is 11.8. The van der Waals surface area contributed by atoms with Gasteiger partial charge in [0, 0.05) is 23.2 Å². The molecule has 0 spiro atoms. The Balaban J connectivity index is 2.18. The Morgan fingerprint density at radius 2 is 2.06 bits per heavy atom. The lowest BCUT2D eigenvalue weighted by Gasteiger charge is -2.04. The van der Waals surface area contributed by atoms with E-state index in [4.69, 9.17) is 23.2 Å². The van der Waals surface area contributed by atoms with Gasteiger partial charge in [0.15, 0.2) is 0 Å². The minimum Gasteiger partial charge on any atom is -0.368 e. The monoisotopic (exact) mass is 283 g/mol. The number of aromatic nitrogens is 2. The normalized spacial score (nSPS) is 10.9. The van der Waals surface area contributed by atoms with E-state index < -0.39 is 0 Å². The molecule has 18 heavy (non-hydrogen) atoms. The highest BCUT2D eigenvalue weighted by Crippen LogP contribution is 2.30. The van der Waals surface area contributed by atoms with Crippen LogP contribution in [-0.4, -0.2) is 16.7 Å². The quantitative estimate of drug-likeness (QED) is 0.870. The van der Waals surface area contributed by atoms with Crippen LogP contribution in [0.25, 0.3) is 11.3 Å². The SMILES string of the molecule is CC(C)CNc1cc(-c2ccc(Cl)cc2Cl)[nH]n1. The zero-order chi connectivity index (χ0) is 13.1. The lowest BCUT2D eigenvalue weighted by molar-refractivity contribution is 0.687. The molecule has 0 aliphatic rings. The van der Waals surface area contributed by atoms with Crippen molar-refractivity contribution in [2.45, 2.75) is 13.8 Å². The van der Waals surface area contributed by atoms with Gasteiger partial charge in [-0.15, -0.1) is 0 Å². The van der Waals surface area contributed by atoms with E-state index in [9.17, 15) is 0 Å². The topological polar surface area (TPSA) is 40.7 Å². The number of anilines is 1. The first kappa shape index (κ1) is 13.2. The van der Waals surface area contributed by atoms with Crippen LogP contribution in [0.2, 0.25) is 10.0 Å². The van der Waals surface area contributed by atoms with Crippen LogP contribution in [0.15, 0.2) is 24.3 Å². The van der Waals surface area contributed by atoms with Gasteiger partial charge in [-0.2, -0.15) is 5.10 Å². The highest BCUT2D eigenvalue weighted by Gasteiger charge is 2.08. The molecule has 0 saturated heterocycles. The summed E-state index contributed by atoms with van der Waals surface area (Å²) in [5.74, 6) is 1.40. The van der Waals surface area contributed by atoms with Crippen LogP contribution >= 0.6 is 23.2 Å². The predicted molar refractivity (Wildman–Crippen MR) is 77.4 cm³/mol. The molecule has 96 valence electrons. The van der Waals surface area contributed by atoms with E-state index in [-0.39, 0.29) is 0 Å². The molecule has 5 heteroatoms. The maximum atomic E-state index is 6.15. The van der Waals surface area contributed by atoms with Crippen LogP contribution in [0.5, 0.6) is 0 Å². The number of nitrogens with zero attached hydrogens (tertiary/aromatic N) is 1. The van der Waals surface area contributed by atoms with E-state index in [0.29, 0.717) is 16.0 Å². The summed E-state index contributed by atoms with van der Waals surface area (Å²) in [7, 11) is 0. The Morgan fingerprint density at radius 3 is 2.72 bits per heavy atom. The van der Waals surface area contributed by atoms with Gasteiger partial charge in [0.2, 0.25) is 0 Å². The first-order chi connectivity index (χ1) is 8.56. The first-order valence-corrected chi connectivity index (χ1v) is 6.56.